The van der Waals surface area contributed by atoms with Crippen LogP contribution >= 0.6 is 12.2 Å². The molecule has 0 spiro atoms. The van der Waals surface area contributed by atoms with Gasteiger partial charge in [0.2, 0.25) is 0 Å². The molecule has 0 atom stereocenters. The summed E-state index contributed by atoms with van der Waals surface area (Å²) in [4.78, 5) is 0. The smallest absolute Gasteiger partial charge is 0.191 e. The Morgan fingerprint density at radius 3 is 2.39 bits per heavy atom. The van der Waals surface area contributed by atoms with Gasteiger partial charge in [-0.25, -0.2) is 8.78 Å². The lowest BCUT2D eigenvalue weighted by atomic mass is 10.1. The molecule has 0 saturated heterocycles. The number of nitrogens with one attached hydrogen (secondary N) is 2. The second kappa shape index (κ2) is 7.64. The number of para-hydroxylation sites is 2. The number of methoxy groups -OCH3 is 1. The maximum atomic E-state index is 13.7. The van der Waals surface area contributed by atoms with Crippen molar-refractivity contribution in [1.82, 2.24) is 5.43 Å². The van der Waals surface area contributed by atoms with E-state index in [0.717, 1.165) is 0 Å². The molecule has 0 aliphatic carbocycles. The lowest BCUT2D eigenvalue weighted by Gasteiger charge is -2.11. The second-order valence-corrected chi connectivity index (χ2v) is 4.97. The summed E-state index contributed by atoms with van der Waals surface area (Å²) in [5.41, 5.74) is 3.15. The fraction of sp³-hybridized carbons (Fsp3) is 0.125. The van der Waals surface area contributed by atoms with Gasteiger partial charge < -0.3 is 10.1 Å². The number of ether oxygens (including phenoxy) is 1. The molecule has 4 nitrogen and oxygen atoms in total. The average Bonchev–Trinajstić information content (AvgIpc) is 2.53. The second-order valence-electron chi connectivity index (χ2n) is 4.56. The molecule has 0 heterocycles. The van der Waals surface area contributed by atoms with Crippen LogP contribution in [0.5, 0.6) is 5.75 Å². The Labute approximate surface area is 138 Å². The summed E-state index contributed by atoms with van der Waals surface area (Å²) >= 11 is 5.11. The van der Waals surface area contributed by atoms with Crippen molar-refractivity contribution in [1.29, 1.82) is 0 Å². The highest BCUT2D eigenvalue weighted by molar-refractivity contribution is 7.80. The minimum Gasteiger partial charge on any atom is -0.495 e. The third-order valence-electron chi connectivity index (χ3n) is 3.00. The monoisotopic (exact) mass is 335 g/mol. The van der Waals surface area contributed by atoms with Crippen molar-refractivity contribution in [3.63, 3.8) is 0 Å². The maximum Gasteiger partial charge on any atom is 0.191 e. The molecular weight excluding hydrogens is 320 g/mol. The molecule has 0 saturated carbocycles. The SMILES string of the molecule is COc1ccccc1NC(=S)N/N=C(/C)c1c(F)cccc1F. The van der Waals surface area contributed by atoms with Gasteiger partial charge in [-0.15, -0.1) is 0 Å². The van der Waals surface area contributed by atoms with Crippen molar-refractivity contribution in [3.05, 3.63) is 59.7 Å². The number of thiocarbonyl (C=S) groups is 1. The number of anilines is 1. The van der Waals surface area contributed by atoms with Gasteiger partial charge in [0.25, 0.3) is 0 Å². The van der Waals surface area contributed by atoms with Crippen LogP contribution < -0.4 is 15.5 Å². The quantitative estimate of drug-likeness (QED) is 0.508. The first kappa shape index (κ1) is 16.8. The highest BCUT2D eigenvalue weighted by atomic mass is 32.1. The summed E-state index contributed by atoms with van der Waals surface area (Å²) in [7, 11) is 1.54. The van der Waals surface area contributed by atoms with Gasteiger partial charge in [-0.3, -0.25) is 5.43 Å². The zero-order valence-electron chi connectivity index (χ0n) is 12.6. The van der Waals surface area contributed by atoms with Crippen molar-refractivity contribution in [2.24, 2.45) is 5.10 Å². The first-order chi connectivity index (χ1) is 11.0. The van der Waals surface area contributed by atoms with Gasteiger partial charge in [0.15, 0.2) is 5.11 Å². The highest BCUT2D eigenvalue weighted by Crippen LogP contribution is 2.22. The normalized spacial score (nSPS) is 11.0. The van der Waals surface area contributed by atoms with Crippen LogP contribution in [0.3, 0.4) is 0 Å². The van der Waals surface area contributed by atoms with Gasteiger partial charge in [0.05, 0.1) is 24.1 Å². The Bertz CT molecular complexity index is 730. The topological polar surface area (TPSA) is 45.6 Å². The molecule has 2 N–H and O–H groups in total. The minimum atomic E-state index is -0.684. The molecule has 0 unspecified atom stereocenters. The van der Waals surface area contributed by atoms with E-state index in [2.05, 4.69) is 15.8 Å². The Kier molecular flexibility index (Phi) is 5.59. The number of halogens is 2. The zero-order valence-corrected chi connectivity index (χ0v) is 13.4. The summed E-state index contributed by atoms with van der Waals surface area (Å²) in [6.45, 7) is 1.49. The molecule has 0 aliphatic heterocycles. The van der Waals surface area contributed by atoms with Crippen LogP contribution in [0.15, 0.2) is 47.6 Å². The molecule has 0 amide bonds. The Hall–Kier alpha value is -2.54. The summed E-state index contributed by atoms with van der Waals surface area (Å²) in [6.07, 6.45) is 0. The number of hydrazone groups is 1. The van der Waals surface area contributed by atoms with Gasteiger partial charge in [-0.1, -0.05) is 18.2 Å². The largest absolute Gasteiger partial charge is 0.495 e. The van der Waals surface area contributed by atoms with E-state index in [1.807, 2.05) is 12.1 Å². The molecule has 2 rings (SSSR count). The minimum absolute atomic E-state index is 0.143. The highest BCUT2D eigenvalue weighted by Gasteiger charge is 2.11. The van der Waals surface area contributed by atoms with Crippen LogP contribution in [-0.4, -0.2) is 17.9 Å². The van der Waals surface area contributed by atoms with Crippen molar-refractivity contribution >= 4 is 28.7 Å². The van der Waals surface area contributed by atoms with Crippen LogP contribution in [0.25, 0.3) is 0 Å². The number of benzene rings is 2. The van der Waals surface area contributed by atoms with Gasteiger partial charge in [0.1, 0.15) is 17.4 Å². The first-order valence-electron chi connectivity index (χ1n) is 6.71. The average molecular weight is 335 g/mol. The first-order valence-corrected chi connectivity index (χ1v) is 7.12. The van der Waals surface area contributed by atoms with E-state index in [4.69, 9.17) is 17.0 Å². The van der Waals surface area contributed by atoms with Gasteiger partial charge >= 0.3 is 0 Å². The number of rotatable bonds is 4. The predicted octanol–water partition coefficient (Wildman–Crippen LogP) is 3.68. The van der Waals surface area contributed by atoms with E-state index >= 15 is 0 Å². The van der Waals surface area contributed by atoms with Gasteiger partial charge in [-0.05, 0) is 43.4 Å². The van der Waals surface area contributed by atoms with E-state index in [9.17, 15) is 8.78 Å². The molecule has 0 fully saturated rings. The standard InChI is InChI=1S/C16H15F2N3OS/c1-10(15-11(17)6-5-7-12(15)18)20-21-16(23)19-13-8-3-4-9-14(13)22-2/h3-9H,1-2H3,(H2,19,21,23)/b20-10-. The fourth-order valence-corrected chi connectivity index (χ4v) is 2.09. The lowest BCUT2D eigenvalue weighted by molar-refractivity contribution is 0.417. The molecule has 2 aromatic rings. The summed E-state index contributed by atoms with van der Waals surface area (Å²) in [6, 6.07) is 10.8. The molecule has 0 radical (unpaired) electrons. The maximum absolute atomic E-state index is 13.7. The van der Waals surface area contributed by atoms with Crippen LogP contribution in [0.2, 0.25) is 0 Å². The zero-order chi connectivity index (χ0) is 16.8. The van der Waals surface area contributed by atoms with Crippen molar-refractivity contribution < 1.29 is 13.5 Å². The molecule has 120 valence electrons. The van der Waals surface area contributed by atoms with Crippen molar-refractivity contribution in [2.75, 3.05) is 12.4 Å². The molecule has 23 heavy (non-hydrogen) atoms. The van der Waals surface area contributed by atoms with E-state index < -0.39 is 11.6 Å². The van der Waals surface area contributed by atoms with E-state index in [1.54, 1.807) is 19.2 Å². The lowest BCUT2D eigenvalue weighted by Crippen LogP contribution is -2.25. The molecular formula is C16H15F2N3OS. The number of hydrogen-bond acceptors (Lipinski definition) is 3. The third kappa shape index (κ3) is 4.23. The van der Waals surface area contributed by atoms with Crippen LogP contribution in [-0.2, 0) is 0 Å². The summed E-state index contributed by atoms with van der Waals surface area (Å²) in [5.74, 6) is -0.759. The summed E-state index contributed by atoms with van der Waals surface area (Å²) < 4.78 is 32.5. The van der Waals surface area contributed by atoms with Gasteiger partial charge in [-0.2, -0.15) is 5.10 Å². The van der Waals surface area contributed by atoms with Gasteiger partial charge in [0, 0.05) is 0 Å². The molecule has 0 aliphatic rings. The summed E-state index contributed by atoms with van der Waals surface area (Å²) in [5, 5.41) is 6.98. The Morgan fingerprint density at radius 2 is 1.74 bits per heavy atom. The van der Waals surface area contributed by atoms with Crippen molar-refractivity contribution in [3.8, 4) is 5.75 Å². The molecule has 2 aromatic carbocycles. The Morgan fingerprint density at radius 1 is 1.09 bits per heavy atom. The van der Waals surface area contributed by atoms with E-state index in [0.29, 0.717) is 11.4 Å². The Balaban J connectivity index is 2.09. The fourth-order valence-electron chi connectivity index (χ4n) is 1.93. The molecule has 0 bridgehead atoms. The third-order valence-corrected chi connectivity index (χ3v) is 3.20. The van der Waals surface area contributed by atoms with E-state index in [-0.39, 0.29) is 16.4 Å². The number of nitrogens with zero attached hydrogens (tertiary/aromatic N) is 1. The van der Waals surface area contributed by atoms with Crippen LogP contribution in [0.1, 0.15) is 12.5 Å². The van der Waals surface area contributed by atoms with Crippen LogP contribution in [0.4, 0.5) is 14.5 Å². The van der Waals surface area contributed by atoms with Crippen molar-refractivity contribution in [2.45, 2.75) is 6.92 Å². The predicted molar refractivity (Wildman–Crippen MR) is 90.9 cm³/mol. The van der Waals surface area contributed by atoms with E-state index in [1.165, 1.54) is 25.1 Å². The number of hydrogen-bond donors (Lipinski definition) is 2. The van der Waals surface area contributed by atoms with Crippen LogP contribution in [0, 0.1) is 11.6 Å². The molecule has 7 heteroatoms. The molecule has 0 aromatic heterocycles.